The van der Waals surface area contributed by atoms with Crippen molar-refractivity contribution >= 4 is 28.9 Å². The summed E-state index contributed by atoms with van der Waals surface area (Å²) in [5, 5.41) is 0.696. The predicted octanol–water partition coefficient (Wildman–Crippen LogP) is 2.21. The van der Waals surface area contributed by atoms with E-state index in [1.807, 2.05) is 6.20 Å². The maximum absolute atomic E-state index is 5.72. The van der Waals surface area contributed by atoms with Gasteiger partial charge in [-0.25, -0.2) is 4.98 Å². The van der Waals surface area contributed by atoms with Crippen molar-refractivity contribution in [1.29, 1.82) is 0 Å². The first-order valence-corrected chi connectivity index (χ1v) is 7.63. The van der Waals surface area contributed by atoms with Crippen LogP contribution in [0.25, 0.3) is 0 Å². The number of aromatic nitrogens is 1. The topological polar surface area (TPSA) is 45.4 Å². The fourth-order valence-corrected chi connectivity index (χ4v) is 4.13. The van der Waals surface area contributed by atoms with Gasteiger partial charge < -0.3 is 10.6 Å². The first kappa shape index (κ1) is 15.0. The highest BCUT2D eigenvalue weighted by Crippen LogP contribution is 2.39. The standard InChI is InChI=1S/C13H22N4S.ClH/c1-16-7-4-13(5-8-16)3-2-6-17(13)10-11-9-15-12(14)18-11;/h9H,2-8,10H2,1H3,(H2,14,15);1H. The molecule has 1 aromatic heterocycles. The van der Waals surface area contributed by atoms with Crippen LogP contribution in [0.3, 0.4) is 0 Å². The highest BCUT2D eigenvalue weighted by molar-refractivity contribution is 7.15. The number of thiazole rings is 1. The molecule has 0 unspecified atom stereocenters. The van der Waals surface area contributed by atoms with Crippen molar-refractivity contribution in [1.82, 2.24) is 14.8 Å². The summed E-state index contributed by atoms with van der Waals surface area (Å²) in [6.07, 6.45) is 7.30. The largest absolute Gasteiger partial charge is 0.375 e. The Kier molecular flexibility index (Phi) is 4.71. The lowest BCUT2D eigenvalue weighted by Gasteiger charge is -2.44. The Labute approximate surface area is 125 Å². The van der Waals surface area contributed by atoms with Crippen LogP contribution in [-0.4, -0.2) is 47.0 Å². The molecule has 3 rings (SSSR count). The number of likely N-dealkylation sites (tertiary alicyclic amines) is 2. The molecule has 2 aliphatic heterocycles. The second-order valence-electron chi connectivity index (χ2n) is 5.72. The van der Waals surface area contributed by atoms with Gasteiger partial charge in [-0.15, -0.1) is 23.7 Å². The summed E-state index contributed by atoms with van der Waals surface area (Å²) in [7, 11) is 2.23. The Bertz CT molecular complexity index is 415. The Morgan fingerprint density at radius 3 is 2.68 bits per heavy atom. The van der Waals surface area contributed by atoms with Crippen LogP contribution in [0.5, 0.6) is 0 Å². The van der Waals surface area contributed by atoms with Crippen molar-refractivity contribution in [3.8, 4) is 0 Å². The molecule has 0 bridgehead atoms. The minimum atomic E-state index is 0. The van der Waals surface area contributed by atoms with E-state index in [1.54, 1.807) is 11.3 Å². The molecule has 2 aliphatic rings. The monoisotopic (exact) mass is 302 g/mol. The number of anilines is 1. The van der Waals surface area contributed by atoms with Gasteiger partial charge in [-0.1, -0.05) is 0 Å². The molecule has 0 radical (unpaired) electrons. The Morgan fingerprint density at radius 2 is 2.05 bits per heavy atom. The van der Waals surface area contributed by atoms with Crippen molar-refractivity contribution in [2.45, 2.75) is 37.8 Å². The Hall–Kier alpha value is -0.360. The van der Waals surface area contributed by atoms with E-state index in [9.17, 15) is 0 Å². The Balaban J connectivity index is 0.00000133. The maximum atomic E-state index is 5.72. The number of rotatable bonds is 2. The van der Waals surface area contributed by atoms with Crippen molar-refractivity contribution in [2.75, 3.05) is 32.4 Å². The number of nitrogens with zero attached hydrogens (tertiary/aromatic N) is 3. The first-order valence-electron chi connectivity index (χ1n) is 6.82. The average molecular weight is 303 g/mol. The lowest BCUT2D eigenvalue weighted by Crippen LogP contribution is -2.50. The van der Waals surface area contributed by atoms with Crippen molar-refractivity contribution in [3.63, 3.8) is 0 Å². The zero-order chi connectivity index (χ0) is 12.6. The number of hydrogen-bond donors (Lipinski definition) is 1. The van der Waals surface area contributed by atoms with Gasteiger partial charge in [0.15, 0.2) is 5.13 Å². The molecule has 6 heteroatoms. The van der Waals surface area contributed by atoms with E-state index in [-0.39, 0.29) is 12.4 Å². The molecular formula is C13H23ClN4S. The molecular weight excluding hydrogens is 280 g/mol. The molecule has 0 atom stereocenters. The summed E-state index contributed by atoms with van der Waals surface area (Å²) in [4.78, 5) is 10.6. The fraction of sp³-hybridized carbons (Fsp3) is 0.769. The summed E-state index contributed by atoms with van der Waals surface area (Å²) in [5.74, 6) is 0. The van der Waals surface area contributed by atoms with Crippen molar-refractivity contribution < 1.29 is 0 Å². The van der Waals surface area contributed by atoms with Gasteiger partial charge in [0.25, 0.3) is 0 Å². The molecule has 1 spiro atoms. The molecule has 2 fully saturated rings. The summed E-state index contributed by atoms with van der Waals surface area (Å²) < 4.78 is 0. The Morgan fingerprint density at radius 1 is 1.32 bits per heavy atom. The zero-order valence-corrected chi connectivity index (χ0v) is 13.1. The molecule has 0 aliphatic carbocycles. The highest BCUT2D eigenvalue weighted by atomic mass is 35.5. The van der Waals surface area contributed by atoms with Crippen LogP contribution in [0.1, 0.15) is 30.6 Å². The molecule has 0 saturated carbocycles. The van der Waals surface area contributed by atoms with E-state index in [2.05, 4.69) is 21.8 Å². The smallest absolute Gasteiger partial charge is 0.180 e. The third kappa shape index (κ3) is 3.05. The number of nitrogen functional groups attached to an aromatic ring is 1. The summed E-state index contributed by atoms with van der Waals surface area (Å²) >= 11 is 1.64. The highest BCUT2D eigenvalue weighted by Gasteiger charge is 2.42. The van der Waals surface area contributed by atoms with Gasteiger partial charge >= 0.3 is 0 Å². The molecule has 108 valence electrons. The normalized spacial score (nSPS) is 23.6. The molecule has 2 N–H and O–H groups in total. The summed E-state index contributed by atoms with van der Waals surface area (Å²) in [5.41, 5.74) is 6.19. The van der Waals surface area contributed by atoms with Crippen molar-refractivity contribution in [3.05, 3.63) is 11.1 Å². The van der Waals surface area contributed by atoms with E-state index in [4.69, 9.17) is 5.73 Å². The van der Waals surface area contributed by atoms with Crippen LogP contribution in [0.4, 0.5) is 5.13 Å². The molecule has 4 nitrogen and oxygen atoms in total. The van der Waals surface area contributed by atoms with E-state index >= 15 is 0 Å². The van der Waals surface area contributed by atoms with Gasteiger partial charge in [0.05, 0.1) is 0 Å². The van der Waals surface area contributed by atoms with Gasteiger partial charge in [-0.3, -0.25) is 4.90 Å². The number of nitrogens with two attached hydrogens (primary N) is 1. The molecule has 0 amide bonds. The first-order chi connectivity index (χ1) is 8.68. The molecule has 1 aromatic rings. The second kappa shape index (κ2) is 5.95. The van der Waals surface area contributed by atoms with Crippen LogP contribution in [0.2, 0.25) is 0 Å². The zero-order valence-electron chi connectivity index (χ0n) is 11.5. The van der Waals surface area contributed by atoms with E-state index in [1.165, 1.54) is 50.2 Å². The van der Waals surface area contributed by atoms with E-state index in [0.29, 0.717) is 10.7 Å². The lowest BCUT2D eigenvalue weighted by molar-refractivity contribution is 0.0575. The SMILES string of the molecule is CN1CCC2(CCCN2Cc2cnc(N)s2)CC1.Cl. The molecule has 3 heterocycles. The third-order valence-corrected chi connectivity index (χ3v) is 5.39. The van der Waals surface area contributed by atoms with E-state index in [0.717, 1.165) is 6.54 Å². The molecule has 2 saturated heterocycles. The molecule has 19 heavy (non-hydrogen) atoms. The second-order valence-corrected chi connectivity index (χ2v) is 6.86. The minimum absolute atomic E-state index is 0. The summed E-state index contributed by atoms with van der Waals surface area (Å²) in [6.45, 7) is 4.75. The number of halogens is 1. The lowest BCUT2D eigenvalue weighted by atomic mass is 9.85. The van der Waals surface area contributed by atoms with Gasteiger partial charge in [-0.05, 0) is 52.4 Å². The van der Waals surface area contributed by atoms with Gasteiger partial charge in [-0.2, -0.15) is 0 Å². The average Bonchev–Trinajstić information content (AvgIpc) is 2.92. The maximum Gasteiger partial charge on any atom is 0.180 e. The van der Waals surface area contributed by atoms with Crippen LogP contribution in [0, 0.1) is 0 Å². The number of piperidine rings is 1. The minimum Gasteiger partial charge on any atom is -0.375 e. The van der Waals surface area contributed by atoms with Crippen LogP contribution in [-0.2, 0) is 6.54 Å². The van der Waals surface area contributed by atoms with Crippen LogP contribution in [0.15, 0.2) is 6.20 Å². The quantitative estimate of drug-likeness (QED) is 0.910. The molecule has 0 aromatic carbocycles. The van der Waals surface area contributed by atoms with Crippen LogP contribution < -0.4 is 5.73 Å². The predicted molar refractivity (Wildman–Crippen MR) is 82.9 cm³/mol. The van der Waals surface area contributed by atoms with Crippen molar-refractivity contribution in [2.24, 2.45) is 0 Å². The van der Waals surface area contributed by atoms with Gasteiger partial charge in [0.1, 0.15) is 0 Å². The fourth-order valence-electron chi connectivity index (χ4n) is 3.43. The third-order valence-electron chi connectivity index (χ3n) is 4.58. The van der Waals surface area contributed by atoms with E-state index < -0.39 is 0 Å². The van der Waals surface area contributed by atoms with Gasteiger partial charge in [0, 0.05) is 23.2 Å². The van der Waals surface area contributed by atoms with Crippen LogP contribution >= 0.6 is 23.7 Å². The van der Waals surface area contributed by atoms with Gasteiger partial charge in [0.2, 0.25) is 0 Å². The number of hydrogen-bond acceptors (Lipinski definition) is 5. The summed E-state index contributed by atoms with van der Waals surface area (Å²) in [6, 6.07) is 0.